The second-order valence-corrected chi connectivity index (χ2v) is 5.43. The molecule has 0 aliphatic carbocycles. The maximum Gasteiger partial charge on any atom is 0.124 e. The molecule has 21 heavy (non-hydrogen) atoms. The lowest BCUT2D eigenvalue weighted by Gasteiger charge is -2.20. The molecule has 0 saturated carbocycles. The van der Waals surface area contributed by atoms with Crippen molar-refractivity contribution in [2.75, 3.05) is 13.7 Å². The van der Waals surface area contributed by atoms with Gasteiger partial charge in [0, 0.05) is 16.6 Å². The van der Waals surface area contributed by atoms with Gasteiger partial charge in [-0.15, -0.1) is 0 Å². The summed E-state index contributed by atoms with van der Waals surface area (Å²) in [7, 11) is 1.97. The lowest BCUT2D eigenvalue weighted by Crippen LogP contribution is -2.20. The zero-order valence-corrected chi connectivity index (χ0v) is 13.4. The standard InChI is InChI=1S/C18H22ClNO/c1-3-12-21-18-11-7-5-9-15(18)17(20-2)13-14-8-4-6-10-16(14)19/h4-11,17,20H,3,12-13H2,1-2H3. The van der Waals surface area contributed by atoms with Gasteiger partial charge in [0.25, 0.3) is 0 Å². The molecule has 0 heterocycles. The van der Waals surface area contributed by atoms with Gasteiger partial charge < -0.3 is 10.1 Å². The Hall–Kier alpha value is -1.51. The van der Waals surface area contributed by atoms with E-state index in [1.54, 1.807) is 0 Å². The van der Waals surface area contributed by atoms with Gasteiger partial charge in [0.15, 0.2) is 0 Å². The molecule has 0 aliphatic heterocycles. The molecule has 1 atom stereocenters. The molecule has 2 rings (SSSR count). The average molecular weight is 304 g/mol. The van der Waals surface area contributed by atoms with Crippen LogP contribution in [0.2, 0.25) is 5.02 Å². The predicted molar refractivity (Wildman–Crippen MR) is 89.2 cm³/mol. The van der Waals surface area contributed by atoms with Crippen molar-refractivity contribution in [1.29, 1.82) is 0 Å². The van der Waals surface area contributed by atoms with Gasteiger partial charge in [0.2, 0.25) is 0 Å². The third-order valence-electron chi connectivity index (χ3n) is 3.49. The summed E-state index contributed by atoms with van der Waals surface area (Å²) < 4.78 is 5.86. The highest BCUT2D eigenvalue weighted by molar-refractivity contribution is 6.31. The van der Waals surface area contributed by atoms with E-state index < -0.39 is 0 Å². The van der Waals surface area contributed by atoms with E-state index in [2.05, 4.69) is 24.4 Å². The Kier molecular flexibility index (Phi) is 6.09. The van der Waals surface area contributed by atoms with Crippen molar-refractivity contribution in [3.63, 3.8) is 0 Å². The Morgan fingerprint density at radius 2 is 1.81 bits per heavy atom. The molecular weight excluding hydrogens is 282 g/mol. The molecule has 0 fully saturated rings. The Morgan fingerprint density at radius 3 is 2.52 bits per heavy atom. The fourth-order valence-corrected chi connectivity index (χ4v) is 2.58. The third-order valence-corrected chi connectivity index (χ3v) is 3.86. The van der Waals surface area contributed by atoms with Gasteiger partial charge in [0.1, 0.15) is 5.75 Å². The van der Waals surface area contributed by atoms with Crippen LogP contribution in [-0.2, 0) is 6.42 Å². The van der Waals surface area contributed by atoms with Crippen molar-refractivity contribution in [1.82, 2.24) is 5.32 Å². The number of likely N-dealkylation sites (N-methyl/N-ethyl adjacent to an activating group) is 1. The third kappa shape index (κ3) is 4.23. The van der Waals surface area contributed by atoms with Gasteiger partial charge in [-0.25, -0.2) is 0 Å². The second-order valence-electron chi connectivity index (χ2n) is 5.02. The van der Waals surface area contributed by atoms with E-state index in [1.807, 2.05) is 43.4 Å². The normalized spacial score (nSPS) is 12.1. The molecule has 0 bridgehead atoms. The van der Waals surface area contributed by atoms with Crippen LogP contribution < -0.4 is 10.1 Å². The fourth-order valence-electron chi connectivity index (χ4n) is 2.36. The molecule has 0 spiro atoms. The van der Waals surface area contributed by atoms with E-state index >= 15 is 0 Å². The van der Waals surface area contributed by atoms with Crippen LogP contribution in [0.25, 0.3) is 0 Å². The van der Waals surface area contributed by atoms with E-state index in [4.69, 9.17) is 16.3 Å². The van der Waals surface area contributed by atoms with Gasteiger partial charge in [-0.05, 0) is 37.6 Å². The van der Waals surface area contributed by atoms with E-state index in [-0.39, 0.29) is 6.04 Å². The van der Waals surface area contributed by atoms with Gasteiger partial charge in [0.05, 0.1) is 6.61 Å². The number of para-hydroxylation sites is 1. The summed E-state index contributed by atoms with van der Waals surface area (Å²) in [5.74, 6) is 0.950. The molecule has 0 aliphatic rings. The first-order chi connectivity index (χ1) is 10.3. The molecule has 2 aromatic carbocycles. The Labute approximate surface area is 132 Å². The van der Waals surface area contributed by atoms with Crippen molar-refractivity contribution in [3.8, 4) is 5.75 Å². The number of benzene rings is 2. The summed E-state index contributed by atoms with van der Waals surface area (Å²) in [4.78, 5) is 0. The van der Waals surface area contributed by atoms with E-state index in [9.17, 15) is 0 Å². The highest BCUT2D eigenvalue weighted by Gasteiger charge is 2.16. The molecule has 3 heteroatoms. The molecule has 1 N–H and O–H groups in total. The van der Waals surface area contributed by atoms with Crippen molar-refractivity contribution in [2.45, 2.75) is 25.8 Å². The number of halogens is 1. The minimum Gasteiger partial charge on any atom is -0.493 e. The van der Waals surface area contributed by atoms with Crippen LogP contribution in [0.15, 0.2) is 48.5 Å². The van der Waals surface area contributed by atoms with Gasteiger partial charge in [-0.2, -0.15) is 0 Å². The smallest absolute Gasteiger partial charge is 0.124 e. The maximum absolute atomic E-state index is 6.28. The fraction of sp³-hybridized carbons (Fsp3) is 0.333. The van der Waals surface area contributed by atoms with Crippen LogP contribution in [0.5, 0.6) is 5.75 Å². The van der Waals surface area contributed by atoms with Crippen LogP contribution in [0.1, 0.15) is 30.5 Å². The monoisotopic (exact) mass is 303 g/mol. The van der Waals surface area contributed by atoms with Gasteiger partial charge in [-0.3, -0.25) is 0 Å². The lowest BCUT2D eigenvalue weighted by molar-refractivity contribution is 0.310. The average Bonchev–Trinajstić information content (AvgIpc) is 2.52. The molecule has 0 aromatic heterocycles. The van der Waals surface area contributed by atoms with Crippen LogP contribution in [0.3, 0.4) is 0 Å². The molecule has 0 amide bonds. The predicted octanol–water partition coefficient (Wildman–Crippen LogP) is 4.63. The van der Waals surface area contributed by atoms with Crippen molar-refractivity contribution in [3.05, 3.63) is 64.7 Å². The zero-order chi connectivity index (χ0) is 15.1. The molecule has 0 saturated heterocycles. The molecule has 1 unspecified atom stereocenters. The first kappa shape index (κ1) is 15.9. The minimum absolute atomic E-state index is 0.179. The van der Waals surface area contributed by atoms with Crippen LogP contribution >= 0.6 is 11.6 Å². The summed E-state index contributed by atoms with van der Waals surface area (Å²) in [6.45, 7) is 2.85. The molecule has 2 aromatic rings. The summed E-state index contributed by atoms with van der Waals surface area (Å²) in [6, 6.07) is 16.4. The number of ether oxygens (including phenoxy) is 1. The Bertz CT molecular complexity index is 571. The van der Waals surface area contributed by atoms with Crippen LogP contribution in [-0.4, -0.2) is 13.7 Å². The van der Waals surface area contributed by atoms with Crippen LogP contribution in [0.4, 0.5) is 0 Å². The highest BCUT2D eigenvalue weighted by atomic mass is 35.5. The van der Waals surface area contributed by atoms with E-state index in [0.717, 1.165) is 35.8 Å². The topological polar surface area (TPSA) is 21.3 Å². The molecule has 0 radical (unpaired) electrons. The molecular formula is C18H22ClNO. The first-order valence-corrected chi connectivity index (χ1v) is 7.76. The maximum atomic E-state index is 6.28. The minimum atomic E-state index is 0.179. The van der Waals surface area contributed by atoms with E-state index in [0.29, 0.717) is 0 Å². The molecule has 112 valence electrons. The SMILES string of the molecule is CCCOc1ccccc1C(Cc1ccccc1Cl)NC. The number of nitrogens with one attached hydrogen (secondary N) is 1. The first-order valence-electron chi connectivity index (χ1n) is 7.38. The van der Waals surface area contributed by atoms with Crippen molar-refractivity contribution in [2.24, 2.45) is 0 Å². The summed E-state index contributed by atoms with van der Waals surface area (Å²) in [6.07, 6.45) is 1.84. The largest absolute Gasteiger partial charge is 0.493 e. The Morgan fingerprint density at radius 1 is 1.10 bits per heavy atom. The number of hydrogen-bond acceptors (Lipinski definition) is 2. The van der Waals surface area contributed by atoms with Crippen LogP contribution in [0, 0.1) is 0 Å². The van der Waals surface area contributed by atoms with Crippen molar-refractivity contribution < 1.29 is 4.74 Å². The highest BCUT2D eigenvalue weighted by Crippen LogP contribution is 2.29. The summed E-state index contributed by atoms with van der Waals surface area (Å²) in [5, 5.41) is 4.18. The van der Waals surface area contributed by atoms with Gasteiger partial charge in [-0.1, -0.05) is 54.9 Å². The summed E-state index contributed by atoms with van der Waals surface area (Å²) in [5.41, 5.74) is 2.32. The lowest BCUT2D eigenvalue weighted by atomic mass is 9.98. The van der Waals surface area contributed by atoms with E-state index in [1.165, 1.54) is 5.56 Å². The molecule has 2 nitrogen and oxygen atoms in total. The second kappa shape index (κ2) is 8.06. The number of rotatable bonds is 7. The Balaban J connectivity index is 2.23. The number of hydrogen-bond donors (Lipinski definition) is 1. The quantitative estimate of drug-likeness (QED) is 0.805. The van der Waals surface area contributed by atoms with Crippen molar-refractivity contribution >= 4 is 11.6 Å². The summed E-state index contributed by atoms with van der Waals surface area (Å²) >= 11 is 6.28. The zero-order valence-electron chi connectivity index (χ0n) is 12.6. The van der Waals surface area contributed by atoms with Gasteiger partial charge >= 0.3 is 0 Å².